The summed E-state index contributed by atoms with van der Waals surface area (Å²) < 4.78 is 5.14. The van der Waals surface area contributed by atoms with Gasteiger partial charge in [-0.25, -0.2) is 0 Å². The first kappa shape index (κ1) is 14.7. The number of hydrogen-bond donors (Lipinski definition) is 3. The number of para-hydroxylation sites is 1. The van der Waals surface area contributed by atoms with E-state index in [0.717, 1.165) is 11.3 Å². The van der Waals surface area contributed by atoms with Crippen molar-refractivity contribution in [1.82, 2.24) is 0 Å². The molecule has 2 aromatic rings. The maximum atomic E-state index is 11.5. The second-order valence-corrected chi connectivity index (χ2v) is 4.77. The largest absolute Gasteiger partial charge is 0.497 e. The summed E-state index contributed by atoms with van der Waals surface area (Å²) in [5.41, 5.74) is 13.8. The van der Waals surface area contributed by atoms with Crippen LogP contribution in [0.2, 0.25) is 0 Å². The summed E-state index contributed by atoms with van der Waals surface area (Å²) in [6, 6.07) is 12.8. The molecule has 21 heavy (non-hydrogen) atoms. The Kier molecular flexibility index (Phi) is 4.33. The molecule has 0 radical (unpaired) electrons. The van der Waals surface area contributed by atoms with Gasteiger partial charge >= 0.3 is 0 Å². The lowest BCUT2D eigenvalue weighted by molar-refractivity contribution is 0.100. The molecule has 0 aliphatic heterocycles. The summed E-state index contributed by atoms with van der Waals surface area (Å²) in [5.74, 6) is 0.287. The first-order chi connectivity index (χ1) is 10.0. The molecule has 0 aliphatic rings. The van der Waals surface area contributed by atoms with Gasteiger partial charge in [0.25, 0.3) is 5.91 Å². The Bertz CT molecular complexity index is 638. The van der Waals surface area contributed by atoms with Crippen LogP contribution in [-0.2, 0) is 0 Å². The molecule has 1 amide bonds. The van der Waals surface area contributed by atoms with Gasteiger partial charge in [0.05, 0.1) is 24.0 Å². The van der Waals surface area contributed by atoms with E-state index >= 15 is 0 Å². The van der Waals surface area contributed by atoms with E-state index in [2.05, 4.69) is 5.32 Å². The zero-order valence-corrected chi connectivity index (χ0v) is 12.1. The second-order valence-electron chi connectivity index (χ2n) is 4.77. The van der Waals surface area contributed by atoms with Gasteiger partial charge in [0.15, 0.2) is 0 Å². The monoisotopic (exact) mass is 285 g/mol. The first-order valence-corrected chi connectivity index (χ1v) is 6.61. The van der Waals surface area contributed by atoms with Crippen LogP contribution < -0.4 is 21.5 Å². The van der Waals surface area contributed by atoms with Gasteiger partial charge in [0.2, 0.25) is 0 Å². The lowest BCUT2D eigenvalue weighted by atomic mass is 10.1. The van der Waals surface area contributed by atoms with Crippen molar-refractivity contribution in [3.8, 4) is 5.75 Å². The third-order valence-corrected chi connectivity index (χ3v) is 3.34. The van der Waals surface area contributed by atoms with Crippen molar-refractivity contribution in [2.75, 3.05) is 18.2 Å². The summed E-state index contributed by atoms with van der Waals surface area (Å²) in [4.78, 5) is 11.5. The fraction of sp³-hybridized carbons (Fsp3) is 0.188. The zero-order valence-electron chi connectivity index (χ0n) is 12.1. The van der Waals surface area contributed by atoms with Gasteiger partial charge in [0, 0.05) is 6.04 Å². The normalized spacial score (nSPS) is 11.7. The van der Waals surface area contributed by atoms with Crippen molar-refractivity contribution in [2.24, 2.45) is 5.73 Å². The van der Waals surface area contributed by atoms with E-state index in [9.17, 15) is 4.79 Å². The molecule has 1 atom stereocenters. The zero-order chi connectivity index (χ0) is 15.4. The lowest BCUT2D eigenvalue weighted by Crippen LogP contribution is -2.17. The molecule has 0 aliphatic carbocycles. The number of anilines is 2. The number of amides is 1. The molecule has 2 aromatic carbocycles. The van der Waals surface area contributed by atoms with E-state index in [0.29, 0.717) is 16.9 Å². The lowest BCUT2D eigenvalue weighted by Gasteiger charge is -2.19. The number of hydrogen-bond acceptors (Lipinski definition) is 4. The maximum absolute atomic E-state index is 11.5. The molecule has 2 rings (SSSR count). The van der Waals surface area contributed by atoms with Gasteiger partial charge in [-0.2, -0.15) is 0 Å². The number of nitrogen functional groups attached to an aromatic ring is 1. The van der Waals surface area contributed by atoms with Gasteiger partial charge in [-0.1, -0.05) is 18.2 Å². The van der Waals surface area contributed by atoms with Crippen LogP contribution in [0.25, 0.3) is 0 Å². The van der Waals surface area contributed by atoms with Crippen molar-refractivity contribution in [3.05, 3.63) is 53.6 Å². The Balaban J connectivity index is 2.26. The molecule has 5 nitrogen and oxygen atoms in total. The van der Waals surface area contributed by atoms with Gasteiger partial charge in [-0.05, 0) is 36.8 Å². The quantitative estimate of drug-likeness (QED) is 0.736. The van der Waals surface area contributed by atoms with Crippen LogP contribution in [-0.4, -0.2) is 13.0 Å². The number of nitrogens with two attached hydrogens (primary N) is 2. The average Bonchev–Trinajstić information content (AvgIpc) is 2.49. The van der Waals surface area contributed by atoms with E-state index in [1.807, 2.05) is 31.2 Å². The molecule has 0 aromatic heterocycles. The Morgan fingerprint density at radius 3 is 2.43 bits per heavy atom. The SMILES string of the molecule is COc1ccc(C(C)Nc2c(N)cccc2C(N)=O)cc1. The minimum absolute atomic E-state index is 0.0290. The highest BCUT2D eigenvalue weighted by Gasteiger charge is 2.14. The highest BCUT2D eigenvalue weighted by atomic mass is 16.5. The summed E-state index contributed by atoms with van der Waals surface area (Å²) >= 11 is 0. The molecule has 0 saturated heterocycles. The number of carbonyl (C=O) groups is 1. The Hall–Kier alpha value is -2.69. The molecule has 0 bridgehead atoms. The van der Waals surface area contributed by atoms with Crippen molar-refractivity contribution in [1.29, 1.82) is 0 Å². The summed E-state index contributed by atoms with van der Waals surface area (Å²) in [7, 11) is 1.63. The number of methoxy groups -OCH3 is 1. The molecule has 110 valence electrons. The van der Waals surface area contributed by atoms with Crippen LogP contribution in [0.5, 0.6) is 5.75 Å². The highest BCUT2D eigenvalue weighted by Crippen LogP contribution is 2.28. The Labute approximate surface area is 123 Å². The van der Waals surface area contributed by atoms with Crippen LogP contribution in [0.1, 0.15) is 28.9 Å². The van der Waals surface area contributed by atoms with Crippen LogP contribution in [0.15, 0.2) is 42.5 Å². The van der Waals surface area contributed by atoms with Crippen LogP contribution in [0.3, 0.4) is 0 Å². The first-order valence-electron chi connectivity index (χ1n) is 6.61. The predicted octanol–water partition coefficient (Wildman–Crippen LogP) is 2.55. The number of benzene rings is 2. The summed E-state index contributed by atoms with van der Waals surface area (Å²) in [6.45, 7) is 1.99. The average molecular weight is 285 g/mol. The molecule has 5 N–H and O–H groups in total. The third-order valence-electron chi connectivity index (χ3n) is 3.34. The van der Waals surface area contributed by atoms with E-state index in [1.54, 1.807) is 25.3 Å². The minimum Gasteiger partial charge on any atom is -0.497 e. The number of carbonyl (C=O) groups excluding carboxylic acids is 1. The Morgan fingerprint density at radius 1 is 1.19 bits per heavy atom. The number of nitrogens with one attached hydrogen (secondary N) is 1. The smallest absolute Gasteiger partial charge is 0.250 e. The standard InChI is InChI=1S/C16H19N3O2/c1-10(11-6-8-12(21-2)9-7-11)19-15-13(16(18)20)4-3-5-14(15)17/h3-10,19H,17H2,1-2H3,(H2,18,20). The summed E-state index contributed by atoms with van der Waals surface area (Å²) in [5, 5.41) is 3.25. The van der Waals surface area contributed by atoms with Crippen molar-refractivity contribution >= 4 is 17.3 Å². The van der Waals surface area contributed by atoms with Crippen LogP contribution in [0, 0.1) is 0 Å². The Morgan fingerprint density at radius 2 is 1.86 bits per heavy atom. The number of rotatable bonds is 5. The van der Waals surface area contributed by atoms with Crippen LogP contribution in [0.4, 0.5) is 11.4 Å². The van der Waals surface area contributed by atoms with E-state index in [-0.39, 0.29) is 6.04 Å². The van der Waals surface area contributed by atoms with Crippen molar-refractivity contribution in [2.45, 2.75) is 13.0 Å². The van der Waals surface area contributed by atoms with E-state index < -0.39 is 5.91 Å². The minimum atomic E-state index is -0.508. The molecule has 0 saturated carbocycles. The predicted molar refractivity (Wildman–Crippen MR) is 84.4 cm³/mol. The van der Waals surface area contributed by atoms with Crippen LogP contribution >= 0.6 is 0 Å². The third kappa shape index (κ3) is 3.25. The molecule has 0 spiro atoms. The molecular weight excluding hydrogens is 266 g/mol. The number of primary amides is 1. The molecule has 0 heterocycles. The maximum Gasteiger partial charge on any atom is 0.250 e. The highest BCUT2D eigenvalue weighted by molar-refractivity contribution is 6.01. The fourth-order valence-corrected chi connectivity index (χ4v) is 2.13. The van der Waals surface area contributed by atoms with Gasteiger partial charge < -0.3 is 21.5 Å². The summed E-state index contributed by atoms with van der Waals surface area (Å²) in [6.07, 6.45) is 0. The molecule has 1 unspecified atom stereocenters. The molecular formula is C16H19N3O2. The fourth-order valence-electron chi connectivity index (χ4n) is 2.13. The van der Waals surface area contributed by atoms with Gasteiger partial charge in [0.1, 0.15) is 5.75 Å². The second kappa shape index (κ2) is 6.17. The number of ether oxygens (including phenoxy) is 1. The van der Waals surface area contributed by atoms with E-state index in [1.165, 1.54) is 0 Å². The van der Waals surface area contributed by atoms with Gasteiger partial charge in [-0.3, -0.25) is 4.79 Å². The van der Waals surface area contributed by atoms with Crippen molar-refractivity contribution in [3.63, 3.8) is 0 Å². The topological polar surface area (TPSA) is 90.4 Å². The van der Waals surface area contributed by atoms with Gasteiger partial charge in [-0.15, -0.1) is 0 Å². The molecule has 5 heteroatoms. The molecule has 0 fully saturated rings. The van der Waals surface area contributed by atoms with E-state index in [4.69, 9.17) is 16.2 Å². The van der Waals surface area contributed by atoms with Crippen molar-refractivity contribution < 1.29 is 9.53 Å².